The number of carbonyl (C=O) groups excluding carboxylic acids is 2. The maximum atomic E-state index is 14.9. The second kappa shape index (κ2) is 8.51. The lowest BCUT2D eigenvalue weighted by Gasteiger charge is -2.14. The summed E-state index contributed by atoms with van der Waals surface area (Å²) >= 11 is 0. The Morgan fingerprint density at radius 1 is 0.824 bits per heavy atom. The van der Waals surface area contributed by atoms with Gasteiger partial charge < -0.3 is 13.9 Å². The van der Waals surface area contributed by atoms with Crippen LogP contribution >= 0.6 is 0 Å². The van der Waals surface area contributed by atoms with Gasteiger partial charge in [-0.1, -0.05) is 31.4 Å². The van der Waals surface area contributed by atoms with Crippen molar-refractivity contribution in [1.29, 1.82) is 0 Å². The zero-order chi connectivity index (χ0) is 24.6. The predicted octanol–water partition coefficient (Wildman–Crippen LogP) is 6.59. The molecule has 0 saturated carbocycles. The minimum absolute atomic E-state index is 0.0307. The van der Waals surface area contributed by atoms with Crippen LogP contribution in [0.1, 0.15) is 5.56 Å². The summed E-state index contributed by atoms with van der Waals surface area (Å²) in [5.74, 6) is -3.15. The van der Waals surface area contributed by atoms with Crippen molar-refractivity contribution in [1.82, 2.24) is 0 Å². The number of carbonyl (C=O) groups is 2. The van der Waals surface area contributed by atoms with E-state index in [2.05, 4.69) is 13.2 Å². The van der Waals surface area contributed by atoms with E-state index >= 15 is 0 Å². The molecule has 5 nitrogen and oxygen atoms in total. The summed E-state index contributed by atoms with van der Waals surface area (Å²) in [6.45, 7) is 6.48. The average Bonchev–Trinajstić information content (AvgIpc) is 3.19. The van der Waals surface area contributed by atoms with Gasteiger partial charge in [0.05, 0.1) is 0 Å². The van der Waals surface area contributed by atoms with Crippen LogP contribution in [-0.4, -0.2) is 11.9 Å². The highest BCUT2D eigenvalue weighted by Crippen LogP contribution is 2.45. The van der Waals surface area contributed by atoms with Crippen LogP contribution in [0, 0.1) is 5.82 Å². The molecule has 0 aliphatic carbocycles. The van der Waals surface area contributed by atoms with Crippen LogP contribution in [-0.2, 0) is 15.8 Å². The third-order valence-electron chi connectivity index (χ3n) is 4.92. The number of furan rings is 1. The first-order valence-corrected chi connectivity index (χ1v) is 9.68. The zero-order valence-corrected chi connectivity index (χ0v) is 17.2. The molecule has 0 atom stereocenters. The average molecular weight is 470 g/mol. The Labute approximate surface area is 189 Å². The second-order valence-corrected chi connectivity index (χ2v) is 6.99. The SMILES string of the molecule is C=CC(=O)Oc1ccc(-c2ccc3c(oc4c(F)c(OC(=O)C=C)ccc43)c2C(F)(F)F)cc1. The van der Waals surface area contributed by atoms with Gasteiger partial charge in [0.2, 0.25) is 5.82 Å². The molecule has 4 rings (SSSR count). The van der Waals surface area contributed by atoms with Crippen LogP contribution < -0.4 is 9.47 Å². The normalized spacial score (nSPS) is 11.4. The Kier molecular flexibility index (Phi) is 5.70. The van der Waals surface area contributed by atoms with E-state index in [9.17, 15) is 27.2 Å². The molecular weight excluding hydrogens is 456 g/mol. The van der Waals surface area contributed by atoms with Crippen molar-refractivity contribution in [2.24, 2.45) is 0 Å². The van der Waals surface area contributed by atoms with Crippen molar-refractivity contribution in [2.75, 3.05) is 0 Å². The van der Waals surface area contributed by atoms with Crippen molar-refractivity contribution in [3.05, 3.63) is 85.2 Å². The molecule has 3 aromatic carbocycles. The third-order valence-corrected chi connectivity index (χ3v) is 4.92. The molecule has 0 spiro atoms. The Bertz CT molecular complexity index is 1460. The zero-order valence-electron chi connectivity index (χ0n) is 17.2. The van der Waals surface area contributed by atoms with E-state index in [1.54, 1.807) is 0 Å². The van der Waals surface area contributed by atoms with Crippen molar-refractivity contribution < 1.29 is 41.0 Å². The largest absolute Gasteiger partial charge is 0.452 e. The Hall–Kier alpha value is -4.40. The molecule has 1 heterocycles. The standard InChI is InChI=1S/C25H14F4O5/c1-3-19(30)32-14-7-5-13(6-8-14)15-9-10-16-17-11-12-18(33-20(31)4-2)22(26)24(17)34-23(16)21(15)25(27,28)29/h3-12H,1-2H2. The van der Waals surface area contributed by atoms with Crippen molar-refractivity contribution >= 4 is 33.9 Å². The van der Waals surface area contributed by atoms with Crippen LogP contribution in [0.3, 0.4) is 0 Å². The molecule has 0 radical (unpaired) electrons. The van der Waals surface area contributed by atoms with E-state index in [-0.39, 0.29) is 27.6 Å². The lowest BCUT2D eigenvalue weighted by Crippen LogP contribution is -2.08. The number of hydrogen-bond acceptors (Lipinski definition) is 5. The van der Waals surface area contributed by atoms with Gasteiger partial charge in [-0.15, -0.1) is 0 Å². The summed E-state index contributed by atoms with van der Waals surface area (Å²) in [5, 5.41) is 0.109. The molecule has 1 aromatic heterocycles. The van der Waals surface area contributed by atoms with E-state index in [0.717, 1.165) is 18.2 Å². The molecule has 0 unspecified atom stereocenters. The van der Waals surface area contributed by atoms with Gasteiger partial charge in [0.1, 0.15) is 16.9 Å². The first kappa shape index (κ1) is 22.8. The first-order chi connectivity index (χ1) is 16.1. The van der Waals surface area contributed by atoms with Gasteiger partial charge in [0, 0.05) is 22.9 Å². The van der Waals surface area contributed by atoms with Crippen molar-refractivity contribution in [2.45, 2.75) is 6.18 Å². The fraction of sp³-hybridized carbons (Fsp3) is 0.0400. The Morgan fingerprint density at radius 3 is 2.03 bits per heavy atom. The van der Waals surface area contributed by atoms with Crippen molar-refractivity contribution in [3.63, 3.8) is 0 Å². The molecule has 0 aliphatic rings. The molecule has 172 valence electrons. The third kappa shape index (κ3) is 4.03. The lowest BCUT2D eigenvalue weighted by molar-refractivity contribution is -0.136. The van der Waals surface area contributed by atoms with Crippen LogP contribution in [0.2, 0.25) is 0 Å². The fourth-order valence-electron chi connectivity index (χ4n) is 3.46. The highest BCUT2D eigenvalue weighted by atomic mass is 19.4. The van der Waals surface area contributed by atoms with Crippen LogP contribution in [0.15, 0.2) is 78.3 Å². The summed E-state index contributed by atoms with van der Waals surface area (Å²) in [4.78, 5) is 22.7. The Balaban J connectivity index is 1.90. The number of benzene rings is 3. The van der Waals surface area contributed by atoms with Gasteiger partial charge in [-0.05, 0) is 41.5 Å². The van der Waals surface area contributed by atoms with E-state index in [1.807, 2.05) is 0 Å². The molecule has 0 bridgehead atoms. The molecule has 9 heteroatoms. The second-order valence-electron chi connectivity index (χ2n) is 6.99. The Morgan fingerprint density at radius 2 is 1.41 bits per heavy atom. The number of halogens is 4. The lowest BCUT2D eigenvalue weighted by atomic mass is 9.96. The summed E-state index contributed by atoms with van der Waals surface area (Å²) in [5.41, 5.74) is -2.23. The minimum Gasteiger partial charge on any atom is -0.452 e. The first-order valence-electron chi connectivity index (χ1n) is 9.68. The highest BCUT2D eigenvalue weighted by molar-refractivity contribution is 6.08. The number of ether oxygens (including phenoxy) is 2. The minimum atomic E-state index is -4.86. The number of alkyl halides is 3. The molecule has 0 aliphatic heterocycles. The van der Waals surface area contributed by atoms with E-state index in [0.29, 0.717) is 0 Å². The van der Waals surface area contributed by atoms with Crippen LogP contribution in [0.4, 0.5) is 17.6 Å². The molecule has 0 fully saturated rings. The van der Waals surface area contributed by atoms with Gasteiger partial charge in [-0.2, -0.15) is 17.6 Å². The smallest absolute Gasteiger partial charge is 0.420 e. The maximum absolute atomic E-state index is 14.9. The maximum Gasteiger partial charge on any atom is 0.420 e. The fourth-order valence-corrected chi connectivity index (χ4v) is 3.46. The molecule has 0 amide bonds. The predicted molar refractivity (Wildman–Crippen MR) is 116 cm³/mol. The van der Waals surface area contributed by atoms with Gasteiger partial charge in [0.25, 0.3) is 0 Å². The highest BCUT2D eigenvalue weighted by Gasteiger charge is 2.38. The van der Waals surface area contributed by atoms with Crippen LogP contribution in [0.25, 0.3) is 33.1 Å². The van der Waals surface area contributed by atoms with E-state index < -0.39 is 46.4 Å². The molecular formula is C25H14F4O5. The molecule has 34 heavy (non-hydrogen) atoms. The number of esters is 2. The quantitative estimate of drug-likeness (QED) is 0.142. The van der Waals surface area contributed by atoms with Crippen molar-refractivity contribution in [3.8, 4) is 22.6 Å². The van der Waals surface area contributed by atoms with E-state index in [1.165, 1.54) is 42.5 Å². The number of fused-ring (bicyclic) bond motifs is 3. The topological polar surface area (TPSA) is 65.7 Å². The molecule has 0 saturated heterocycles. The van der Waals surface area contributed by atoms with E-state index in [4.69, 9.17) is 13.9 Å². The monoisotopic (exact) mass is 470 g/mol. The number of hydrogen-bond donors (Lipinski definition) is 0. The van der Waals surface area contributed by atoms with Gasteiger partial charge in [-0.25, -0.2) is 9.59 Å². The van der Waals surface area contributed by atoms with Gasteiger partial charge >= 0.3 is 18.1 Å². The van der Waals surface area contributed by atoms with Crippen LogP contribution in [0.5, 0.6) is 11.5 Å². The summed E-state index contributed by atoms with van der Waals surface area (Å²) in [6.07, 6.45) is -3.08. The summed E-state index contributed by atoms with van der Waals surface area (Å²) in [7, 11) is 0. The summed E-state index contributed by atoms with van der Waals surface area (Å²) in [6, 6.07) is 10.4. The van der Waals surface area contributed by atoms with Gasteiger partial charge in [-0.3, -0.25) is 0 Å². The molecule has 4 aromatic rings. The molecule has 0 N–H and O–H groups in total. The van der Waals surface area contributed by atoms with Gasteiger partial charge in [0.15, 0.2) is 11.3 Å². The number of rotatable bonds is 5. The summed E-state index contributed by atoms with van der Waals surface area (Å²) < 4.78 is 72.5.